The number of hydrogen-bond acceptors (Lipinski definition) is 1. The van der Waals surface area contributed by atoms with Crippen molar-refractivity contribution >= 4 is 64.9 Å². The monoisotopic (exact) mass is 748 g/mol. The second kappa shape index (κ2) is 13.4. The largest absolute Gasteiger partial charge is 0.292 e. The number of aromatic nitrogens is 2. The van der Waals surface area contributed by atoms with E-state index >= 15 is 0 Å². The summed E-state index contributed by atoms with van der Waals surface area (Å²) in [5.41, 5.74) is 11.6. The SMILES string of the molecule is c1ccc(-c2c3ccccc3c(-c3cc4ccc5ccccc5c4c4ccccc34)c3cc(-c4ccc(-c5nc6ccccc6n5-c5ccccc5)cc4)ccc23)cc1. The van der Waals surface area contributed by atoms with Crippen LogP contribution >= 0.6 is 0 Å². The molecule has 0 amide bonds. The highest BCUT2D eigenvalue weighted by atomic mass is 15.1. The molecule has 0 unspecified atom stereocenters. The van der Waals surface area contributed by atoms with E-state index in [0.717, 1.165) is 33.7 Å². The number of rotatable bonds is 5. The van der Waals surface area contributed by atoms with Crippen LogP contribution in [0.15, 0.2) is 218 Å². The van der Waals surface area contributed by atoms with Gasteiger partial charge in [0.05, 0.1) is 11.0 Å². The number of para-hydroxylation sites is 3. The molecule has 0 saturated heterocycles. The minimum absolute atomic E-state index is 0.930. The molecule has 0 N–H and O–H groups in total. The van der Waals surface area contributed by atoms with Crippen molar-refractivity contribution in [3.8, 4) is 50.5 Å². The zero-order valence-corrected chi connectivity index (χ0v) is 32.2. The lowest BCUT2D eigenvalue weighted by molar-refractivity contribution is 1.10. The molecule has 11 aromatic carbocycles. The summed E-state index contributed by atoms with van der Waals surface area (Å²) >= 11 is 0. The van der Waals surface area contributed by atoms with E-state index in [0.29, 0.717) is 0 Å². The highest BCUT2D eigenvalue weighted by Gasteiger charge is 2.21. The fourth-order valence-corrected chi connectivity index (χ4v) is 9.52. The Hall–Kier alpha value is -7.81. The van der Waals surface area contributed by atoms with E-state index in [1.807, 2.05) is 0 Å². The van der Waals surface area contributed by atoms with E-state index in [1.54, 1.807) is 0 Å². The fraction of sp³-hybridized carbons (Fsp3) is 0. The average molecular weight is 749 g/mol. The van der Waals surface area contributed by atoms with Crippen LogP contribution in [0.1, 0.15) is 0 Å². The van der Waals surface area contributed by atoms with Gasteiger partial charge in [-0.3, -0.25) is 4.57 Å². The van der Waals surface area contributed by atoms with Gasteiger partial charge in [-0.1, -0.05) is 182 Å². The minimum atomic E-state index is 0.930. The van der Waals surface area contributed by atoms with Crippen molar-refractivity contribution in [3.05, 3.63) is 218 Å². The molecule has 274 valence electrons. The molecular weight excluding hydrogens is 713 g/mol. The van der Waals surface area contributed by atoms with E-state index in [-0.39, 0.29) is 0 Å². The van der Waals surface area contributed by atoms with E-state index < -0.39 is 0 Å². The first-order valence-electron chi connectivity index (χ1n) is 20.3. The third-order valence-electron chi connectivity index (χ3n) is 12.2. The van der Waals surface area contributed by atoms with Crippen molar-refractivity contribution in [2.75, 3.05) is 0 Å². The van der Waals surface area contributed by atoms with Gasteiger partial charge in [0.1, 0.15) is 5.82 Å². The van der Waals surface area contributed by atoms with Gasteiger partial charge in [-0.15, -0.1) is 0 Å². The van der Waals surface area contributed by atoms with Gasteiger partial charge in [-0.05, 0) is 124 Å². The Labute approximate surface area is 341 Å². The molecule has 0 aliphatic heterocycles. The summed E-state index contributed by atoms with van der Waals surface area (Å²) in [5.74, 6) is 0.930. The number of benzene rings is 11. The Morgan fingerprint density at radius 2 is 0.898 bits per heavy atom. The lowest BCUT2D eigenvalue weighted by Gasteiger charge is -2.21. The van der Waals surface area contributed by atoms with Gasteiger partial charge in [-0.2, -0.15) is 0 Å². The number of fused-ring (bicyclic) bond motifs is 8. The van der Waals surface area contributed by atoms with Crippen molar-refractivity contribution in [2.24, 2.45) is 0 Å². The smallest absolute Gasteiger partial charge is 0.145 e. The van der Waals surface area contributed by atoms with Gasteiger partial charge in [0.15, 0.2) is 0 Å². The Morgan fingerprint density at radius 1 is 0.322 bits per heavy atom. The summed E-state index contributed by atoms with van der Waals surface area (Å²) in [7, 11) is 0. The molecule has 0 saturated carbocycles. The lowest BCUT2D eigenvalue weighted by atomic mass is 9.82. The molecule has 2 nitrogen and oxygen atoms in total. The quantitative estimate of drug-likeness (QED) is 0.127. The molecule has 0 bridgehead atoms. The predicted octanol–water partition coefficient (Wildman–Crippen LogP) is 15.5. The minimum Gasteiger partial charge on any atom is -0.292 e. The van der Waals surface area contributed by atoms with Crippen LogP contribution in [0.3, 0.4) is 0 Å². The van der Waals surface area contributed by atoms with Gasteiger partial charge in [-0.25, -0.2) is 4.98 Å². The highest BCUT2D eigenvalue weighted by Crippen LogP contribution is 2.48. The number of nitrogens with zero attached hydrogens (tertiary/aromatic N) is 2. The standard InChI is InChI=1S/C57H36N2/c1-3-16-39(17-4-1)54-47-23-11-12-24-48(47)56(50-36-42-32-29-38-15-7-8-20-44(38)55(42)46-22-10-9-21-45(46)50)51-35-41(33-34-49(51)54)37-27-30-40(31-28-37)57-58-52-25-13-14-26-53(52)59(57)43-18-5-2-6-19-43/h1-36H. The Balaban J connectivity index is 1.11. The molecular formula is C57H36N2. The molecule has 12 aromatic rings. The normalized spacial score (nSPS) is 11.7. The van der Waals surface area contributed by atoms with Crippen LogP contribution in [0, 0.1) is 0 Å². The van der Waals surface area contributed by atoms with Crippen molar-refractivity contribution in [1.29, 1.82) is 0 Å². The van der Waals surface area contributed by atoms with Crippen molar-refractivity contribution in [1.82, 2.24) is 9.55 Å². The van der Waals surface area contributed by atoms with Crippen LogP contribution in [0.2, 0.25) is 0 Å². The second-order valence-electron chi connectivity index (χ2n) is 15.4. The van der Waals surface area contributed by atoms with E-state index in [2.05, 4.69) is 223 Å². The van der Waals surface area contributed by atoms with Crippen LogP contribution in [0.5, 0.6) is 0 Å². The van der Waals surface area contributed by atoms with Gasteiger partial charge in [0.25, 0.3) is 0 Å². The molecule has 1 aromatic heterocycles. The maximum absolute atomic E-state index is 5.14. The number of imidazole rings is 1. The van der Waals surface area contributed by atoms with Crippen LogP contribution in [0.4, 0.5) is 0 Å². The Bertz CT molecular complexity index is 3580. The first-order chi connectivity index (χ1) is 29.3. The van der Waals surface area contributed by atoms with Crippen molar-refractivity contribution in [3.63, 3.8) is 0 Å². The Kier molecular flexibility index (Phi) is 7.57. The summed E-state index contributed by atoms with van der Waals surface area (Å²) in [5, 5.41) is 12.6. The molecule has 59 heavy (non-hydrogen) atoms. The lowest BCUT2D eigenvalue weighted by Crippen LogP contribution is -1.97. The molecule has 0 fully saturated rings. The van der Waals surface area contributed by atoms with Gasteiger partial charge in [0.2, 0.25) is 0 Å². The molecule has 12 rings (SSSR count). The molecule has 0 aliphatic rings. The third kappa shape index (κ3) is 5.31. The van der Waals surface area contributed by atoms with Crippen molar-refractivity contribution in [2.45, 2.75) is 0 Å². The van der Waals surface area contributed by atoms with E-state index in [9.17, 15) is 0 Å². The molecule has 0 atom stereocenters. The summed E-state index contributed by atoms with van der Waals surface area (Å²) < 4.78 is 2.26. The zero-order chi connectivity index (χ0) is 38.9. The summed E-state index contributed by atoms with van der Waals surface area (Å²) in [6, 6.07) is 79.5. The van der Waals surface area contributed by atoms with Crippen LogP contribution in [0.25, 0.3) is 115 Å². The predicted molar refractivity (Wildman–Crippen MR) is 250 cm³/mol. The molecule has 0 spiro atoms. The van der Waals surface area contributed by atoms with Crippen LogP contribution < -0.4 is 0 Å². The summed E-state index contributed by atoms with van der Waals surface area (Å²) in [6.07, 6.45) is 0. The first-order valence-corrected chi connectivity index (χ1v) is 20.3. The molecule has 2 heteroatoms. The topological polar surface area (TPSA) is 17.8 Å². The third-order valence-corrected chi connectivity index (χ3v) is 12.2. The van der Waals surface area contributed by atoms with Gasteiger partial charge >= 0.3 is 0 Å². The summed E-state index contributed by atoms with van der Waals surface area (Å²) in [6.45, 7) is 0. The highest BCUT2D eigenvalue weighted by molar-refractivity contribution is 6.28. The van der Waals surface area contributed by atoms with E-state index in [1.165, 1.54) is 81.7 Å². The maximum Gasteiger partial charge on any atom is 0.145 e. The zero-order valence-electron chi connectivity index (χ0n) is 32.2. The van der Waals surface area contributed by atoms with Gasteiger partial charge < -0.3 is 0 Å². The second-order valence-corrected chi connectivity index (χ2v) is 15.4. The van der Waals surface area contributed by atoms with Crippen LogP contribution in [-0.4, -0.2) is 9.55 Å². The maximum atomic E-state index is 5.14. The average Bonchev–Trinajstić information content (AvgIpc) is 3.70. The fourth-order valence-electron chi connectivity index (χ4n) is 9.52. The molecule has 0 aliphatic carbocycles. The number of hydrogen-bond donors (Lipinski definition) is 0. The van der Waals surface area contributed by atoms with E-state index in [4.69, 9.17) is 4.98 Å². The molecule has 0 radical (unpaired) electrons. The van der Waals surface area contributed by atoms with Crippen LogP contribution in [-0.2, 0) is 0 Å². The summed E-state index contributed by atoms with van der Waals surface area (Å²) in [4.78, 5) is 5.14. The molecule has 1 heterocycles. The van der Waals surface area contributed by atoms with Gasteiger partial charge in [0, 0.05) is 11.3 Å². The Morgan fingerprint density at radius 3 is 1.69 bits per heavy atom. The van der Waals surface area contributed by atoms with Crippen molar-refractivity contribution < 1.29 is 0 Å². The first kappa shape index (κ1) is 33.3.